The first-order valence-electron chi connectivity index (χ1n) is 6.67. The van der Waals surface area contributed by atoms with E-state index in [1.807, 2.05) is 6.07 Å². The summed E-state index contributed by atoms with van der Waals surface area (Å²) in [5.41, 5.74) is 0.936. The molecule has 0 radical (unpaired) electrons. The van der Waals surface area contributed by atoms with Gasteiger partial charge in [0.1, 0.15) is 0 Å². The van der Waals surface area contributed by atoms with Crippen LogP contribution in [0, 0.1) is 11.6 Å². The second-order valence-corrected chi connectivity index (χ2v) is 5.76. The average molecular weight is 292 g/mol. The number of nitrogens with zero attached hydrogens (tertiary/aromatic N) is 1. The highest BCUT2D eigenvalue weighted by atomic mass is 19.2. The van der Waals surface area contributed by atoms with E-state index in [0.717, 1.165) is 11.6 Å². The first-order valence-corrected chi connectivity index (χ1v) is 6.67. The molecule has 1 aromatic carbocycles. The van der Waals surface area contributed by atoms with Gasteiger partial charge < -0.3 is 10.1 Å². The van der Waals surface area contributed by atoms with Gasteiger partial charge in [-0.05, 0) is 44.5 Å². The van der Waals surface area contributed by atoms with E-state index in [-0.39, 0.29) is 17.2 Å². The maximum atomic E-state index is 13.6. The molecule has 0 aliphatic carbocycles. The smallest absolute Gasteiger partial charge is 0.219 e. The summed E-state index contributed by atoms with van der Waals surface area (Å²) in [6.45, 7) is 6.82. The molecule has 3 nitrogen and oxygen atoms in total. The maximum absolute atomic E-state index is 13.6. The molecular weight excluding hydrogens is 274 g/mol. The van der Waals surface area contributed by atoms with Crippen LogP contribution >= 0.6 is 0 Å². The van der Waals surface area contributed by atoms with E-state index in [1.165, 1.54) is 12.1 Å². The lowest BCUT2D eigenvalue weighted by molar-refractivity contribution is 0.402. The summed E-state index contributed by atoms with van der Waals surface area (Å²) in [7, 11) is 0. The first-order chi connectivity index (χ1) is 9.85. The lowest BCUT2D eigenvalue weighted by Gasteiger charge is -2.20. The predicted molar refractivity (Wildman–Crippen MR) is 77.3 cm³/mol. The standard InChI is InChI=1S/C16H18F2N2O/c1-16(2,3)20-10-11-7-8-19-14(9-11)21-13-6-4-5-12(17)15(13)18/h4-9,20H,10H2,1-3H3. The Morgan fingerprint density at radius 3 is 2.67 bits per heavy atom. The van der Waals surface area contributed by atoms with E-state index >= 15 is 0 Å². The highest BCUT2D eigenvalue weighted by Gasteiger charge is 2.12. The summed E-state index contributed by atoms with van der Waals surface area (Å²) >= 11 is 0. The number of rotatable bonds is 4. The minimum atomic E-state index is -1.02. The molecular formula is C16H18F2N2O. The number of aromatic nitrogens is 1. The SMILES string of the molecule is CC(C)(C)NCc1ccnc(Oc2cccc(F)c2F)c1. The zero-order valence-electron chi connectivity index (χ0n) is 12.3. The molecule has 5 heteroatoms. The number of hydrogen-bond donors (Lipinski definition) is 1. The first kappa shape index (κ1) is 15.4. The van der Waals surface area contributed by atoms with E-state index in [4.69, 9.17) is 4.74 Å². The van der Waals surface area contributed by atoms with Crippen LogP contribution in [0.1, 0.15) is 26.3 Å². The van der Waals surface area contributed by atoms with Gasteiger partial charge in [-0.2, -0.15) is 4.39 Å². The lowest BCUT2D eigenvalue weighted by Crippen LogP contribution is -2.35. The maximum Gasteiger partial charge on any atom is 0.219 e. The number of benzene rings is 1. The molecule has 0 atom stereocenters. The predicted octanol–water partition coefficient (Wildman–Crippen LogP) is 4.04. The monoisotopic (exact) mass is 292 g/mol. The minimum absolute atomic E-state index is 0.0149. The van der Waals surface area contributed by atoms with Gasteiger partial charge in [-0.25, -0.2) is 9.37 Å². The molecule has 0 aliphatic heterocycles. The molecule has 2 aromatic rings. The van der Waals surface area contributed by atoms with Crippen LogP contribution in [0.5, 0.6) is 11.6 Å². The largest absolute Gasteiger partial charge is 0.436 e. The number of pyridine rings is 1. The summed E-state index contributed by atoms with van der Waals surface area (Å²) in [6.07, 6.45) is 1.58. The van der Waals surface area contributed by atoms with E-state index in [2.05, 4.69) is 31.1 Å². The molecule has 0 saturated heterocycles. The fourth-order valence-corrected chi connectivity index (χ4v) is 1.66. The van der Waals surface area contributed by atoms with Crippen molar-refractivity contribution in [3.05, 3.63) is 53.7 Å². The topological polar surface area (TPSA) is 34.2 Å². The van der Waals surface area contributed by atoms with Gasteiger partial charge >= 0.3 is 0 Å². The van der Waals surface area contributed by atoms with Crippen molar-refractivity contribution in [2.75, 3.05) is 0 Å². The highest BCUT2D eigenvalue weighted by Crippen LogP contribution is 2.24. The third kappa shape index (κ3) is 4.49. The second-order valence-electron chi connectivity index (χ2n) is 5.76. The Morgan fingerprint density at radius 1 is 1.19 bits per heavy atom. The third-order valence-electron chi connectivity index (χ3n) is 2.75. The summed E-state index contributed by atoms with van der Waals surface area (Å²) in [4.78, 5) is 4.01. The molecule has 112 valence electrons. The normalized spacial score (nSPS) is 11.5. The summed E-state index contributed by atoms with van der Waals surface area (Å²) in [6, 6.07) is 7.33. The Balaban J connectivity index is 2.12. The molecule has 2 rings (SSSR count). The quantitative estimate of drug-likeness (QED) is 0.923. The number of nitrogens with one attached hydrogen (secondary N) is 1. The van der Waals surface area contributed by atoms with Crippen LogP contribution in [0.2, 0.25) is 0 Å². The summed E-state index contributed by atoms with van der Waals surface area (Å²) in [5, 5.41) is 3.33. The van der Waals surface area contributed by atoms with E-state index in [0.29, 0.717) is 6.54 Å². The molecule has 0 amide bonds. The van der Waals surface area contributed by atoms with Gasteiger partial charge in [0.25, 0.3) is 0 Å². The third-order valence-corrected chi connectivity index (χ3v) is 2.75. The summed E-state index contributed by atoms with van der Waals surface area (Å²) in [5.74, 6) is -1.91. The molecule has 0 unspecified atom stereocenters. The molecule has 1 aromatic heterocycles. The summed E-state index contributed by atoms with van der Waals surface area (Å²) < 4.78 is 32.0. The van der Waals surface area contributed by atoms with Crippen LogP contribution in [0.3, 0.4) is 0 Å². The van der Waals surface area contributed by atoms with Gasteiger partial charge in [-0.1, -0.05) is 6.07 Å². The van der Waals surface area contributed by atoms with Crippen LogP contribution in [-0.4, -0.2) is 10.5 Å². The zero-order valence-corrected chi connectivity index (χ0v) is 12.3. The van der Waals surface area contributed by atoms with Gasteiger partial charge in [0.15, 0.2) is 11.6 Å². The molecule has 1 heterocycles. The van der Waals surface area contributed by atoms with Gasteiger partial charge in [0, 0.05) is 24.3 Å². The number of halogens is 2. The van der Waals surface area contributed by atoms with Crippen LogP contribution in [0.4, 0.5) is 8.78 Å². The Morgan fingerprint density at radius 2 is 1.95 bits per heavy atom. The van der Waals surface area contributed by atoms with Crippen LogP contribution in [0.25, 0.3) is 0 Å². The van der Waals surface area contributed by atoms with Crippen molar-refractivity contribution in [2.45, 2.75) is 32.9 Å². The van der Waals surface area contributed by atoms with Crippen molar-refractivity contribution in [3.8, 4) is 11.6 Å². The lowest BCUT2D eigenvalue weighted by atomic mass is 10.1. The Labute approximate surface area is 123 Å². The van der Waals surface area contributed by atoms with Crippen molar-refractivity contribution in [1.82, 2.24) is 10.3 Å². The molecule has 1 N–H and O–H groups in total. The minimum Gasteiger partial charge on any atom is -0.436 e. The van der Waals surface area contributed by atoms with Gasteiger partial charge in [-0.15, -0.1) is 0 Å². The Bertz CT molecular complexity index is 624. The highest BCUT2D eigenvalue weighted by molar-refractivity contribution is 5.30. The molecule has 0 bridgehead atoms. The van der Waals surface area contributed by atoms with Crippen molar-refractivity contribution < 1.29 is 13.5 Å². The Hall–Kier alpha value is -2.01. The van der Waals surface area contributed by atoms with Gasteiger partial charge in [0.05, 0.1) is 0 Å². The van der Waals surface area contributed by atoms with Crippen LogP contribution in [0.15, 0.2) is 36.5 Å². The number of ether oxygens (including phenoxy) is 1. The van der Waals surface area contributed by atoms with Crippen molar-refractivity contribution in [3.63, 3.8) is 0 Å². The molecule has 0 spiro atoms. The van der Waals surface area contributed by atoms with Crippen LogP contribution in [-0.2, 0) is 6.54 Å². The Kier molecular flexibility index (Phi) is 4.53. The molecule has 21 heavy (non-hydrogen) atoms. The fraction of sp³-hybridized carbons (Fsp3) is 0.312. The van der Waals surface area contributed by atoms with Crippen LogP contribution < -0.4 is 10.1 Å². The average Bonchev–Trinajstić information content (AvgIpc) is 2.41. The van der Waals surface area contributed by atoms with E-state index < -0.39 is 11.6 Å². The van der Waals surface area contributed by atoms with Crippen molar-refractivity contribution in [2.24, 2.45) is 0 Å². The fourth-order valence-electron chi connectivity index (χ4n) is 1.66. The molecule has 0 saturated carbocycles. The molecule has 0 aliphatic rings. The second kappa shape index (κ2) is 6.18. The molecule has 0 fully saturated rings. The van der Waals surface area contributed by atoms with Crippen molar-refractivity contribution in [1.29, 1.82) is 0 Å². The van der Waals surface area contributed by atoms with Crippen molar-refractivity contribution >= 4 is 0 Å². The number of hydrogen-bond acceptors (Lipinski definition) is 3. The van der Waals surface area contributed by atoms with E-state index in [1.54, 1.807) is 12.3 Å². The van der Waals surface area contributed by atoms with Gasteiger partial charge in [0.2, 0.25) is 11.7 Å². The van der Waals surface area contributed by atoms with Gasteiger partial charge in [-0.3, -0.25) is 0 Å². The van der Waals surface area contributed by atoms with E-state index in [9.17, 15) is 8.78 Å². The zero-order chi connectivity index (χ0) is 15.5.